The smallest absolute Gasteiger partial charge is 0.392 e. The van der Waals surface area contributed by atoms with Crippen LogP contribution in [0.15, 0.2) is 24.3 Å². The number of hydrogen-bond donors (Lipinski definition) is 2. The van der Waals surface area contributed by atoms with Crippen LogP contribution in [0.5, 0.6) is 0 Å². The van der Waals surface area contributed by atoms with E-state index in [1.54, 1.807) is 0 Å². The first-order valence-corrected chi connectivity index (χ1v) is 4.36. The zero-order valence-corrected chi connectivity index (χ0v) is 8.17. The third-order valence-electron chi connectivity index (χ3n) is 2.08. The monoisotopic (exact) mass is 219 g/mol. The van der Waals surface area contributed by atoms with Gasteiger partial charge >= 0.3 is 6.18 Å². The first-order valence-electron chi connectivity index (χ1n) is 4.36. The van der Waals surface area contributed by atoms with Crippen molar-refractivity contribution >= 4 is 5.69 Å². The van der Waals surface area contributed by atoms with Crippen molar-refractivity contribution in [2.24, 2.45) is 0 Å². The number of anilines is 1. The van der Waals surface area contributed by atoms with Gasteiger partial charge in [-0.05, 0) is 24.6 Å². The Kier molecular flexibility index (Phi) is 2.95. The molecule has 0 saturated heterocycles. The first kappa shape index (κ1) is 11.8. The fourth-order valence-electron chi connectivity index (χ4n) is 1.33. The molecule has 15 heavy (non-hydrogen) atoms. The third-order valence-corrected chi connectivity index (χ3v) is 2.08. The average Bonchev–Trinajstić information content (AvgIpc) is 2.00. The Balaban J connectivity index is 2.90. The van der Waals surface area contributed by atoms with E-state index in [-0.39, 0.29) is 5.56 Å². The molecule has 0 fully saturated rings. The SMILES string of the molecule is CC(O)(CC(F)(F)F)c1ccc(N)cc1. The van der Waals surface area contributed by atoms with Crippen LogP contribution in [-0.4, -0.2) is 11.3 Å². The van der Waals surface area contributed by atoms with Crippen LogP contribution in [0.1, 0.15) is 18.9 Å². The highest BCUT2D eigenvalue weighted by Crippen LogP contribution is 2.34. The van der Waals surface area contributed by atoms with Crippen molar-refractivity contribution in [3.05, 3.63) is 29.8 Å². The van der Waals surface area contributed by atoms with Crippen LogP contribution in [0.2, 0.25) is 0 Å². The number of nitrogens with two attached hydrogens (primary N) is 1. The number of alkyl halides is 3. The molecule has 2 nitrogen and oxygen atoms in total. The van der Waals surface area contributed by atoms with Crippen molar-refractivity contribution in [3.63, 3.8) is 0 Å². The summed E-state index contributed by atoms with van der Waals surface area (Å²) in [6.45, 7) is 1.13. The molecule has 1 rings (SSSR count). The molecule has 1 unspecified atom stereocenters. The quantitative estimate of drug-likeness (QED) is 0.750. The molecule has 1 atom stereocenters. The molecule has 1 aromatic carbocycles. The number of rotatable bonds is 2. The highest BCUT2D eigenvalue weighted by Gasteiger charge is 2.39. The Morgan fingerprint density at radius 3 is 2.07 bits per heavy atom. The fraction of sp³-hybridized carbons (Fsp3) is 0.400. The molecule has 0 heterocycles. The van der Waals surface area contributed by atoms with Gasteiger partial charge in [0.1, 0.15) is 0 Å². The van der Waals surface area contributed by atoms with Crippen molar-refractivity contribution < 1.29 is 18.3 Å². The van der Waals surface area contributed by atoms with Crippen molar-refractivity contribution in [2.45, 2.75) is 25.1 Å². The Bertz CT molecular complexity index is 330. The molecule has 0 amide bonds. The maximum absolute atomic E-state index is 12.1. The number of halogens is 3. The van der Waals surface area contributed by atoms with Crippen molar-refractivity contribution in [1.82, 2.24) is 0 Å². The number of nitrogen functional groups attached to an aromatic ring is 1. The first-order chi connectivity index (χ1) is 6.71. The fourth-order valence-corrected chi connectivity index (χ4v) is 1.33. The van der Waals surface area contributed by atoms with E-state index in [2.05, 4.69) is 0 Å². The summed E-state index contributed by atoms with van der Waals surface area (Å²) in [6.07, 6.45) is -5.67. The second kappa shape index (κ2) is 3.73. The minimum atomic E-state index is -4.40. The summed E-state index contributed by atoms with van der Waals surface area (Å²) in [5, 5.41) is 9.65. The molecule has 5 heteroatoms. The van der Waals surface area contributed by atoms with E-state index in [4.69, 9.17) is 5.73 Å². The topological polar surface area (TPSA) is 46.2 Å². The zero-order valence-electron chi connectivity index (χ0n) is 8.17. The maximum Gasteiger partial charge on any atom is 0.392 e. The van der Waals surface area contributed by atoms with Gasteiger partial charge in [0.05, 0.1) is 12.0 Å². The molecule has 0 aliphatic carbocycles. The average molecular weight is 219 g/mol. The standard InChI is InChI=1S/C10H12F3NO/c1-9(15,6-10(11,12)13)7-2-4-8(14)5-3-7/h2-5,15H,6,14H2,1H3. The lowest BCUT2D eigenvalue weighted by molar-refractivity contribution is -0.174. The van der Waals surface area contributed by atoms with Crippen LogP contribution in [0.3, 0.4) is 0 Å². The van der Waals surface area contributed by atoms with Crippen LogP contribution >= 0.6 is 0 Å². The summed E-state index contributed by atoms with van der Waals surface area (Å²) in [6, 6.07) is 5.70. The van der Waals surface area contributed by atoms with Gasteiger partial charge in [-0.3, -0.25) is 0 Å². The Hall–Kier alpha value is -1.23. The highest BCUT2D eigenvalue weighted by molar-refractivity contribution is 5.40. The van der Waals surface area contributed by atoms with Gasteiger partial charge in [0.25, 0.3) is 0 Å². The van der Waals surface area contributed by atoms with Crippen molar-refractivity contribution in [2.75, 3.05) is 5.73 Å². The summed E-state index contributed by atoms with van der Waals surface area (Å²) in [4.78, 5) is 0. The molecule has 84 valence electrons. The van der Waals surface area contributed by atoms with Crippen LogP contribution in [0, 0.1) is 0 Å². The molecule has 0 aliphatic heterocycles. The summed E-state index contributed by atoms with van der Waals surface area (Å²) in [5.74, 6) is 0. The van der Waals surface area contributed by atoms with Gasteiger partial charge in [0.2, 0.25) is 0 Å². The molecule has 3 N–H and O–H groups in total. The van der Waals surface area contributed by atoms with Gasteiger partial charge in [0, 0.05) is 5.69 Å². The molecule has 0 radical (unpaired) electrons. The van der Waals surface area contributed by atoms with E-state index in [1.165, 1.54) is 24.3 Å². The van der Waals surface area contributed by atoms with E-state index in [0.717, 1.165) is 6.92 Å². The van der Waals surface area contributed by atoms with Crippen LogP contribution < -0.4 is 5.73 Å². The van der Waals surface area contributed by atoms with E-state index in [9.17, 15) is 18.3 Å². The van der Waals surface area contributed by atoms with Crippen molar-refractivity contribution in [3.8, 4) is 0 Å². The highest BCUT2D eigenvalue weighted by atomic mass is 19.4. The predicted octanol–water partition coefficient (Wildman–Crippen LogP) is 2.43. The summed E-state index contributed by atoms with van der Waals surface area (Å²) < 4.78 is 36.4. The number of hydrogen-bond acceptors (Lipinski definition) is 2. The minimum absolute atomic E-state index is 0.203. The Labute approximate surface area is 85.5 Å². The molecule has 0 bridgehead atoms. The van der Waals surface area contributed by atoms with Gasteiger partial charge in [-0.25, -0.2) is 0 Å². The van der Waals surface area contributed by atoms with Gasteiger partial charge < -0.3 is 10.8 Å². The number of aliphatic hydroxyl groups is 1. The number of benzene rings is 1. The van der Waals surface area contributed by atoms with Crippen LogP contribution in [-0.2, 0) is 5.60 Å². The predicted molar refractivity (Wildman–Crippen MR) is 51.1 cm³/mol. The molecule has 0 aliphatic rings. The molecule has 0 saturated carbocycles. The molecular formula is C10H12F3NO. The van der Waals surface area contributed by atoms with Gasteiger partial charge in [-0.15, -0.1) is 0 Å². The lowest BCUT2D eigenvalue weighted by Gasteiger charge is -2.25. The summed E-state index contributed by atoms with van der Waals surface area (Å²) in [5.41, 5.74) is 4.13. The molecule has 0 aromatic heterocycles. The largest absolute Gasteiger partial charge is 0.399 e. The molecular weight excluding hydrogens is 207 g/mol. The van der Waals surface area contributed by atoms with E-state index in [1.807, 2.05) is 0 Å². The van der Waals surface area contributed by atoms with Crippen LogP contribution in [0.25, 0.3) is 0 Å². The van der Waals surface area contributed by atoms with Crippen LogP contribution in [0.4, 0.5) is 18.9 Å². The van der Waals surface area contributed by atoms with E-state index < -0.39 is 18.2 Å². The van der Waals surface area contributed by atoms with Gasteiger partial charge in [-0.2, -0.15) is 13.2 Å². The summed E-state index contributed by atoms with van der Waals surface area (Å²) in [7, 11) is 0. The Morgan fingerprint density at radius 1 is 1.20 bits per heavy atom. The normalized spacial score (nSPS) is 16.1. The van der Waals surface area contributed by atoms with Crippen molar-refractivity contribution in [1.29, 1.82) is 0 Å². The zero-order chi connectivity index (χ0) is 11.7. The van der Waals surface area contributed by atoms with E-state index >= 15 is 0 Å². The van der Waals surface area contributed by atoms with Gasteiger partial charge in [-0.1, -0.05) is 12.1 Å². The third kappa shape index (κ3) is 3.43. The lowest BCUT2D eigenvalue weighted by Crippen LogP contribution is -2.28. The second-order valence-electron chi connectivity index (χ2n) is 3.69. The molecule has 0 spiro atoms. The Morgan fingerprint density at radius 2 is 1.67 bits per heavy atom. The molecule has 1 aromatic rings. The maximum atomic E-state index is 12.1. The lowest BCUT2D eigenvalue weighted by atomic mass is 9.92. The summed E-state index contributed by atoms with van der Waals surface area (Å²) >= 11 is 0. The second-order valence-corrected chi connectivity index (χ2v) is 3.69. The van der Waals surface area contributed by atoms with E-state index in [0.29, 0.717) is 5.69 Å². The van der Waals surface area contributed by atoms with Gasteiger partial charge in [0.15, 0.2) is 0 Å². The minimum Gasteiger partial charge on any atom is -0.399 e.